The molecule has 0 bridgehead atoms. The molecule has 2 saturated heterocycles. The van der Waals surface area contributed by atoms with E-state index in [1.165, 1.54) is 43.6 Å². The molecule has 2 heterocycles. The van der Waals surface area contributed by atoms with E-state index in [4.69, 9.17) is 5.73 Å². The second-order valence-electron chi connectivity index (χ2n) is 6.64. The summed E-state index contributed by atoms with van der Waals surface area (Å²) in [5.74, 6) is 0. The number of benzene rings is 1. The van der Waals surface area contributed by atoms with Gasteiger partial charge in [-0.25, -0.2) is 0 Å². The van der Waals surface area contributed by atoms with Crippen LogP contribution in [0.1, 0.15) is 44.7 Å². The molecule has 3 nitrogen and oxygen atoms in total. The maximum absolute atomic E-state index is 6.01. The van der Waals surface area contributed by atoms with Crippen LogP contribution in [0.15, 0.2) is 22.7 Å². The summed E-state index contributed by atoms with van der Waals surface area (Å²) in [6, 6.07) is 8.03. The Kier molecular flexibility index (Phi) is 4.57. The standard InChI is InChI=1S/C17H26BrN3/c1-12-10-20-8-4-3-5-15(20)11-21(12)14-6-7-16(13(2)19)17(18)9-14/h6-7,9,12-13,15H,3-5,8,10-11,19H2,1-2H3. The molecule has 3 rings (SSSR count). The van der Waals surface area contributed by atoms with Gasteiger partial charge in [-0.1, -0.05) is 28.4 Å². The number of hydrogen-bond donors (Lipinski definition) is 1. The van der Waals surface area contributed by atoms with Crippen molar-refractivity contribution in [1.82, 2.24) is 4.90 Å². The Morgan fingerprint density at radius 3 is 2.81 bits per heavy atom. The Labute approximate surface area is 136 Å². The van der Waals surface area contributed by atoms with E-state index in [-0.39, 0.29) is 6.04 Å². The maximum Gasteiger partial charge on any atom is 0.0389 e. The van der Waals surface area contributed by atoms with Gasteiger partial charge in [-0.05, 0) is 50.9 Å². The molecule has 0 saturated carbocycles. The largest absolute Gasteiger partial charge is 0.366 e. The number of piperidine rings is 1. The third kappa shape index (κ3) is 3.13. The summed E-state index contributed by atoms with van der Waals surface area (Å²) in [5, 5.41) is 0. The summed E-state index contributed by atoms with van der Waals surface area (Å²) in [4.78, 5) is 5.26. The van der Waals surface area contributed by atoms with Gasteiger partial charge in [0.25, 0.3) is 0 Å². The van der Waals surface area contributed by atoms with Crippen LogP contribution in [0.25, 0.3) is 0 Å². The highest BCUT2D eigenvalue weighted by Crippen LogP contribution is 2.32. The topological polar surface area (TPSA) is 32.5 Å². The molecule has 2 aliphatic heterocycles. The number of halogens is 1. The van der Waals surface area contributed by atoms with Crippen LogP contribution in [0.5, 0.6) is 0 Å². The van der Waals surface area contributed by atoms with Gasteiger partial charge >= 0.3 is 0 Å². The summed E-state index contributed by atoms with van der Waals surface area (Å²) < 4.78 is 1.13. The molecule has 2 N–H and O–H groups in total. The predicted octanol–water partition coefficient (Wildman–Crippen LogP) is 3.53. The highest BCUT2D eigenvalue weighted by atomic mass is 79.9. The predicted molar refractivity (Wildman–Crippen MR) is 92.8 cm³/mol. The Morgan fingerprint density at radius 1 is 1.29 bits per heavy atom. The van der Waals surface area contributed by atoms with E-state index < -0.39 is 0 Å². The Hall–Kier alpha value is -0.580. The van der Waals surface area contributed by atoms with Gasteiger partial charge in [0.2, 0.25) is 0 Å². The number of anilines is 1. The van der Waals surface area contributed by atoms with Gasteiger partial charge in [0.05, 0.1) is 0 Å². The van der Waals surface area contributed by atoms with Crippen LogP contribution in [0.3, 0.4) is 0 Å². The minimum Gasteiger partial charge on any atom is -0.366 e. The summed E-state index contributed by atoms with van der Waals surface area (Å²) >= 11 is 3.69. The van der Waals surface area contributed by atoms with Crippen LogP contribution in [-0.4, -0.2) is 36.6 Å². The molecule has 0 aromatic heterocycles. The van der Waals surface area contributed by atoms with E-state index in [1.807, 2.05) is 6.92 Å². The normalized spacial score (nSPS) is 28.3. The summed E-state index contributed by atoms with van der Waals surface area (Å²) in [5.41, 5.74) is 8.51. The fourth-order valence-electron chi connectivity index (χ4n) is 3.78. The van der Waals surface area contributed by atoms with E-state index in [2.05, 4.69) is 50.9 Å². The van der Waals surface area contributed by atoms with E-state index in [1.54, 1.807) is 0 Å². The first-order valence-electron chi connectivity index (χ1n) is 8.12. The highest BCUT2D eigenvalue weighted by Gasteiger charge is 2.33. The molecule has 4 heteroatoms. The van der Waals surface area contributed by atoms with E-state index >= 15 is 0 Å². The molecule has 116 valence electrons. The van der Waals surface area contributed by atoms with E-state index in [9.17, 15) is 0 Å². The first-order valence-corrected chi connectivity index (χ1v) is 8.91. The lowest BCUT2D eigenvalue weighted by Gasteiger charge is -2.48. The fourth-order valence-corrected chi connectivity index (χ4v) is 4.50. The molecular formula is C17H26BrN3. The van der Waals surface area contributed by atoms with Crippen LogP contribution < -0.4 is 10.6 Å². The molecule has 0 radical (unpaired) electrons. The number of rotatable bonds is 2. The number of nitrogens with two attached hydrogens (primary N) is 1. The maximum atomic E-state index is 6.01. The number of nitrogens with zero attached hydrogens (tertiary/aromatic N) is 2. The smallest absolute Gasteiger partial charge is 0.0389 e. The lowest BCUT2D eigenvalue weighted by atomic mass is 9.96. The minimum absolute atomic E-state index is 0.0704. The van der Waals surface area contributed by atoms with Gasteiger partial charge in [-0.3, -0.25) is 4.90 Å². The zero-order valence-corrected chi connectivity index (χ0v) is 14.6. The highest BCUT2D eigenvalue weighted by molar-refractivity contribution is 9.10. The van der Waals surface area contributed by atoms with Crippen molar-refractivity contribution in [3.05, 3.63) is 28.2 Å². The van der Waals surface area contributed by atoms with Crippen molar-refractivity contribution >= 4 is 21.6 Å². The Balaban J connectivity index is 1.81. The van der Waals surface area contributed by atoms with Crippen molar-refractivity contribution in [1.29, 1.82) is 0 Å². The minimum atomic E-state index is 0.0704. The number of fused-ring (bicyclic) bond motifs is 1. The van der Waals surface area contributed by atoms with E-state index in [0.29, 0.717) is 6.04 Å². The van der Waals surface area contributed by atoms with Gasteiger partial charge in [0.15, 0.2) is 0 Å². The lowest BCUT2D eigenvalue weighted by Crippen LogP contribution is -2.58. The summed E-state index contributed by atoms with van der Waals surface area (Å²) in [6.07, 6.45) is 4.11. The van der Waals surface area contributed by atoms with Crippen molar-refractivity contribution in [2.45, 2.75) is 51.2 Å². The van der Waals surface area contributed by atoms with Crippen LogP contribution in [0.2, 0.25) is 0 Å². The molecule has 3 atom stereocenters. The second-order valence-corrected chi connectivity index (χ2v) is 7.49. The molecule has 1 aromatic rings. The average molecular weight is 352 g/mol. The van der Waals surface area contributed by atoms with E-state index in [0.717, 1.165) is 17.1 Å². The molecule has 2 aliphatic rings. The summed E-state index contributed by atoms with van der Waals surface area (Å²) in [7, 11) is 0. The lowest BCUT2D eigenvalue weighted by molar-refractivity contribution is 0.115. The number of piperazine rings is 1. The first kappa shape index (κ1) is 15.3. The van der Waals surface area contributed by atoms with Gasteiger partial charge in [0, 0.05) is 41.4 Å². The van der Waals surface area contributed by atoms with Crippen LogP contribution in [-0.2, 0) is 0 Å². The Morgan fingerprint density at radius 2 is 2.10 bits per heavy atom. The van der Waals surface area contributed by atoms with Crippen LogP contribution in [0, 0.1) is 0 Å². The van der Waals surface area contributed by atoms with Gasteiger partial charge in [-0.2, -0.15) is 0 Å². The molecule has 0 amide bonds. The van der Waals surface area contributed by atoms with Gasteiger partial charge in [0.1, 0.15) is 0 Å². The van der Waals surface area contributed by atoms with Crippen molar-refractivity contribution in [3.63, 3.8) is 0 Å². The molecular weight excluding hydrogens is 326 g/mol. The monoisotopic (exact) mass is 351 g/mol. The number of hydrogen-bond acceptors (Lipinski definition) is 3. The third-order valence-electron chi connectivity index (χ3n) is 4.99. The summed E-state index contributed by atoms with van der Waals surface area (Å²) in [6.45, 7) is 8.01. The fraction of sp³-hybridized carbons (Fsp3) is 0.647. The average Bonchev–Trinajstić information content (AvgIpc) is 2.46. The molecule has 21 heavy (non-hydrogen) atoms. The Bertz CT molecular complexity index is 503. The van der Waals surface area contributed by atoms with Gasteiger partial charge < -0.3 is 10.6 Å². The van der Waals surface area contributed by atoms with Crippen molar-refractivity contribution < 1.29 is 0 Å². The molecule has 0 aliphatic carbocycles. The van der Waals surface area contributed by atoms with Crippen LogP contribution in [0.4, 0.5) is 5.69 Å². The SMILES string of the molecule is CC(N)c1ccc(N2CC3CCCCN3CC2C)cc1Br. The van der Waals surface area contributed by atoms with Crippen molar-refractivity contribution in [2.24, 2.45) is 5.73 Å². The molecule has 1 aromatic carbocycles. The molecule has 3 unspecified atom stereocenters. The van der Waals surface area contributed by atoms with Crippen molar-refractivity contribution in [2.75, 3.05) is 24.5 Å². The second kappa shape index (κ2) is 6.27. The molecule has 2 fully saturated rings. The quantitative estimate of drug-likeness (QED) is 0.884. The zero-order valence-electron chi connectivity index (χ0n) is 13.1. The third-order valence-corrected chi connectivity index (χ3v) is 5.68. The van der Waals surface area contributed by atoms with Crippen molar-refractivity contribution in [3.8, 4) is 0 Å². The van der Waals surface area contributed by atoms with Gasteiger partial charge in [-0.15, -0.1) is 0 Å². The zero-order chi connectivity index (χ0) is 15.0. The first-order chi connectivity index (χ1) is 10.1. The van der Waals surface area contributed by atoms with Crippen LogP contribution >= 0.6 is 15.9 Å². The molecule has 0 spiro atoms.